The summed E-state index contributed by atoms with van der Waals surface area (Å²) < 4.78 is 6.76. The predicted molar refractivity (Wildman–Crippen MR) is 140 cm³/mol. The Morgan fingerprint density at radius 1 is 1.15 bits per heavy atom. The van der Waals surface area contributed by atoms with E-state index in [2.05, 4.69) is 60.7 Å². The Balaban J connectivity index is 1.62. The molecular formula is C28H49ClO3Si. The van der Waals surface area contributed by atoms with Gasteiger partial charge in [-0.05, 0) is 91.7 Å². The van der Waals surface area contributed by atoms with Crippen molar-refractivity contribution in [1.29, 1.82) is 0 Å². The van der Waals surface area contributed by atoms with Gasteiger partial charge in [-0.1, -0.05) is 53.2 Å². The van der Waals surface area contributed by atoms with Crippen LogP contribution in [0.3, 0.4) is 0 Å². The molecule has 1 unspecified atom stereocenters. The lowest BCUT2D eigenvalue weighted by molar-refractivity contribution is -0.132. The van der Waals surface area contributed by atoms with Gasteiger partial charge in [-0.3, -0.25) is 0 Å². The summed E-state index contributed by atoms with van der Waals surface area (Å²) in [5.41, 5.74) is 1.27. The monoisotopic (exact) mass is 496 g/mol. The van der Waals surface area contributed by atoms with Crippen LogP contribution in [0.4, 0.5) is 0 Å². The van der Waals surface area contributed by atoms with Gasteiger partial charge >= 0.3 is 0 Å². The fourth-order valence-corrected chi connectivity index (χ4v) is 10.0. The minimum absolute atomic E-state index is 0.0539. The van der Waals surface area contributed by atoms with Crippen molar-refractivity contribution in [3.8, 4) is 0 Å². The summed E-state index contributed by atoms with van der Waals surface area (Å²) in [5, 5.41) is 23.3. The van der Waals surface area contributed by atoms with Crippen LogP contribution in [-0.2, 0) is 4.43 Å². The first-order valence-electron chi connectivity index (χ1n) is 13.5. The van der Waals surface area contributed by atoms with Crippen LogP contribution in [0.5, 0.6) is 0 Å². The SMILES string of the molecule is C[C@H](CCl)[C@H]1CC[C@H]2[C@@H]3C(O)C=C4C[C@@H](O[Si](C)(C)C(C)(C)C)C[C@H](O)[C@]4(C)[C@H]3CC[C@]12C. The molecule has 0 aliphatic heterocycles. The molecule has 4 rings (SSSR count). The molecule has 0 aromatic carbocycles. The van der Waals surface area contributed by atoms with E-state index in [4.69, 9.17) is 16.0 Å². The second-order valence-electron chi connectivity index (χ2n) is 14.1. The number of hydrogen-bond acceptors (Lipinski definition) is 3. The number of aliphatic hydroxyl groups is 2. The molecule has 4 aliphatic rings. The Kier molecular flexibility index (Phi) is 6.84. The average molecular weight is 497 g/mol. The van der Waals surface area contributed by atoms with E-state index >= 15 is 0 Å². The highest BCUT2D eigenvalue weighted by Crippen LogP contribution is 2.67. The van der Waals surface area contributed by atoms with Gasteiger partial charge in [-0.15, -0.1) is 11.6 Å². The summed E-state index contributed by atoms with van der Waals surface area (Å²) in [7, 11) is -1.92. The predicted octanol–water partition coefficient (Wildman–Crippen LogP) is 6.77. The van der Waals surface area contributed by atoms with E-state index < -0.39 is 20.5 Å². The zero-order chi connectivity index (χ0) is 24.6. The fraction of sp³-hybridized carbons (Fsp3) is 0.929. The Labute approximate surface area is 208 Å². The van der Waals surface area contributed by atoms with Gasteiger partial charge in [0, 0.05) is 11.3 Å². The van der Waals surface area contributed by atoms with E-state index in [1.807, 2.05) is 0 Å². The molecule has 3 fully saturated rings. The minimum atomic E-state index is -1.92. The standard InChI is InChI=1S/C28H49ClO3Si/c1-17(16-29)20-9-10-21-25-22(11-12-27(20,21)5)28(6)18(14-23(25)30)13-19(15-24(28)31)32-33(7,8)26(2,3)4/h14,17,19-25,30-31H,9-13,15-16H2,1-8H3/t17-,19-,20-,21+,22+,23?,24+,25+,27-,28+/m1/s1. The molecule has 0 aromatic heterocycles. The lowest BCUT2D eigenvalue weighted by Crippen LogP contribution is -2.59. The van der Waals surface area contributed by atoms with Crippen LogP contribution in [0.25, 0.3) is 0 Å². The van der Waals surface area contributed by atoms with Gasteiger partial charge in [0.25, 0.3) is 0 Å². The van der Waals surface area contributed by atoms with E-state index in [-0.39, 0.29) is 27.9 Å². The third-order valence-corrected chi connectivity index (χ3v) is 16.5. The topological polar surface area (TPSA) is 49.7 Å². The van der Waals surface area contributed by atoms with Crippen LogP contribution in [0.1, 0.15) is 80.1 Å². The van der Waals surface area contributed by atoms with E-state index in [9.17, 15) is 10.2 Å². The molecule has 2 N–H and O–H groups in total. The summed E-state index contributed by atoms with van der Waals surface area (Å²) in [5.74, 6) is 3.00. The van der Waals surface area contributed by atoms with Crippen LogP contribution in [0.2, 0.25) is 18.1 Å². The zero-order valence-corrected chi connectivity index (χ0v) is 24.1. The third-order valence-electron chi connectivity index (χ3n) is 11.5. The second-order valence-corrected chi connectivity index (χ2v) is 19.1. The molecular weight excluding hydrogens is 448 g/mol. The summed E-state index contributed by atoms with van der Waals surface area (Å²) in [6, 6.07) is 0. The van der Waals surface area contributed by atoms with Crippen LogP contribution in [0.15, 0.2) is 11.6 Å². The van der Waals surface area contributed by atoms with Crippen LogP contribution >= 0.6 is 11.6 Å². The first kappa shape index (κ1) is 26.2. The number of aliphatic hydroxyl groups excluding tert-OH is 2. The smallest absolute Gasteiger partial charge is 0.192 e. The Bertz CT molecular complexity index is 776. The zero-order valence-electron chi connectivity index (χ0n) is 22.3. The minimum Gasteiger partial charge on any atom is -0.414 e. The molecule has 3 saturated carbocycles. The molecule has 5 heteroatoms. The number of alkyl halides is 1. The van der Waals surface area contributed by atoms with Crippen molar-refractivity contribution in [2.75, 3.05) is 5.88 Å². The van der Waals surface area contributed by atoms with Crippen molar-refractivity contribution in [2.24, 2.45) is 40.4 Å². The maximum absolute atomic E-state index is 11.6. The van der Waals surface area contributed by atoms with Crippen molar-refractivity contribution >= 4 is 19.9 Å². The summed E-state index contributed by atoms with van der Waals surface area (Å²) >= 11 is 6.31. The van der Waals surface area contributed by atoms with E-state index in [1.165, 1.54) is 24.8 Å². The summed E-state index contributed by atoms with van der Waals surface area (Å²) in [6.45, 7) is 18.5. The Hall–Kier alpha value is 0.127. The molecule has 0 aromatic rings. The van der Waals surface area contributed by atoms with Gasteiger partial charge in [0.15, 0.2) is 8.32 Å². The average Bonchev–Trinajstić information content (AvgIpc) is 3.05. The summed E-state index contributed by atoms with van der Waals surface area (Å²) in [6.07, 6.45) is 7.66. The second kappa shape index (κ2) is 8.61. The van der Waals surface area contributed by atoms with E-state index in [1.54, 1.807) is 0 Å². The van der Waals surface area contributed by atoms with Gasteiger partial charge in [0.2, 0.25) is 0 Å². The van der Waals surface area contributed by atoms with Crippen LogP contribution < -0.4 is 0 Å². The molecule has 0 radical (unpaired) electrons. The maximum Gasteiger partial charge on any atom is 0.192 e. The number of rotatable bonds is 4. The van der Waals surface area contributed by atoms with Crippen LogP contribution in [-0.4, -0.2) is 42.7 Å². The number of hydrogen-bond donors (Lipinski definition) is 2. The molecule has 0 spiro atoms. The quantitative estimate of drug-likeness (QED) is 0.256. The van der Waals surface area contributed by atoms with Crippen molar-refractivity contribution in [2.45, 2.75) is 117 Å². The molecule has 10 atom stereocenters. The number of fused-ring (bicyclic) bond motifs is 5. The summed E-state index contributed by atoms with van der Waals surface area (Å²) in [4.78, 5) is 0. The normalized spacial score (nSPS) is 46.8. The fourth-order valence-electron chi connectivity index (χ4n) is 8.44. The van der Waals surface area contributed by atoms with Gasteiger partial charge in [0.1, 0.15) is 0 Å². The molecule has 3 nitrogen and oxygen atoms in total. The van der Waals surface area contributed by atoms with Gasteiger partial charge in [-0.25, -0.2) is 0 Å². The first-order chi connectivity index (χ1) is 15.2. The maximum atomic E-state index is 11.6. The van der Waals surface area contributed by atoms with E-state index in [0.29, 0.717) is 30.1 Å². The molecule has 0 saturated heterocycles. The molecule has 33 heavy (non-hydrogen) atoms. The highest BCUT2D eigenvalue weighted by molar-refractivity contribution is 6.74. The van der Waals surface area contributed by atoms with Crippen molar-refractivity contribution in [3.63, 3.8) is 0 Å². The molecule has 4 aliphatic carbocycles. The largest absolute Gasteiger partial charge is 0.414 e. The van der Waals surface area contributed by atoms with Crippen molar-refractivity contribution in [3.05, 3.63) is 11.6 Å². The third kappa shape index (κ3) is 4.02. The van der Waals surface area contributed by atoms with Crippen molar-refractivity contribution in [1.82, 2.24) is 0 Å². The first-order valence-corrected chi connectivity index (χ1v) is 16.9. The highest BCUT2D eigenvalue weighted by Gasteiger charge is 2.63. The lowest BCUT2D eigenvalue weighted by Gasteiger charge is -2.61. The molecule has 190 valence electrons. The molecule has 0 heterocycles. The van der Waals surface area contributed by atoms with Crippen LogP contribution in [0, 0.1) is 40.4 Å². The Morgan fingerprint density at radius 3 is 2.42 bits per heavy atom. The Morgan fingerprint density at radius 2 is 1.82 bits per heavy atom. The van der Waals surface area contributed by atoms with Gasteiger partial charge in [-0.2, -0.15) is 0 Å². The van der Waals surface area contributed by atoms with Gasteiger partial charge < -0.3 is 14.6 Å². The number of halogens is 1. The van der Waals surface area contributed by atoms with Gasteiger partial charge in [0.05, 0.1) is 18.3 Å². The molecule has 0 bridgehead atoms. The lowest BCUT2D eigenvalue weighted by atomic mass is 9.46. The van der Waals surface area contributed by atoms with E-state index in [0.717, 1.165) is 18.7 Å². The van der Waals surface area contributed by atoms with Crippen molar-refractivity contribution < 1.29 is 14.6 Å². The molecule has 0 amide bonds. The highest BCUT2D eigenvalue weighted by atomic mass is 35.5.